The standard InChI is InChI=1S/C15H13N2O2/c1-10(18)17-12-6-4-5-11(9-12)13-7-2-3-8-14(13)15(16)19/h2,4-9H,1H3,(H2,16,19)(H,17,18). The van der Waals surface area contributed by atoms with Crippen molar-refractivity contribution >= 4 is 17.5 Å². The van der Waals surface area contributed by atoms with Crippen molar-refractivity contribution in [2.24, 2.45) is 5.73 Å². The van der Waals surface area contributed by atoms with Crippen molar-refractivity contribution in [2.75, 3.05) is 5.32 Å². The summed E-state index contributed by atoms with van der Waals surface area (Å²) in [5.41, 5.74) is 7.96. The molecule has 0 atom stereocenters. The number of rotatable bonds is 3. The minimum absolute atomic E-state index is 0.145. The summed E-state index contributed by atoms with van der Waals surface area (Å²) in [4.78, 5) is 22.4. The van der Waals surface area contributed by atoms with Crippen LogP contribution in [0.5, 0.6) is 0 Å². The normalized spacial score (nSPS) is 9.95. The maximum atomic E-state index is 11.4. The molecule has 0 aliphatic carbocycles. The Labute approximate surface area is 111 Å². The average Bonchev–Trinajstić information content (AvgIpc) is 2.38. The molecule has 0 fully saturated rings. The predicted molar refractivity (Wildman–Crippen MR) is 73.5 cm³/mol. The number of benzene rings is 2. The fourth-order valence-electron chi connectivity index (χ4n) is 1.85. The highest BCUT2D eigenvalue weighted by Crippen LogP contribution is 2.25. The van der Waals surface area contributed by atoms with Crippen LogP contribution in [-0.2, 0) is 4.79 Å². The summed E-state index contributed by atoms with van der Waals surface area (Å²) in [5.74, 6) is -0.648. The molecule has 0 saturated heterocycles. The maximum absolute atomic E-state index is 11.4. The van der Waals surface area contributed by atoms with Gasteiger partial charge in [0, 0.05) is 18.2 Å². The Morgan fingerprint density at radius 1 is 1.26 bits per heavy atom. The molecule has 0 saturated carbocycles. The third kappa shape index (κ3) is 2.98. The third-order valence-corrected chi connectivity index (χ3v) is 2.62. The summed E-state index contributed by atoms with van der Waals surface area (Å²) in [7, 11) is 0. The lowest BCUT2D eigenvalue weighted by Gasteiger charge is -2.09. The van der Waals surface area contributed by atoms with Gasteiger partial charge >= 0.3 is 0 Å². The molecule has 2 aromatic carbocycles. The number of anilines is 1. The number of primary amides is 1. The molecule has 0 heterocycles. The lowest BCUT2D eigenvalue weighted by molar-refractivity contribution is -0.114. The predicted octanol–water partition coefficient (Wildman–Crippen LogP) is 2.21. The van der Waals surface area contributed by atoms with Gasteiger partial charge in [-0.25, -0.2) is 0 Å². The van der Waals surface area contributed by atoms with Crippen molar-refractivity contribution in [3.05, 3.63) is 54.1 Å². The number of carbonyl (C=O) groups excluding carboxylic acids is 2. The van der Waals surface area contributed by atoms with E-state index in [-0.39, 0.29) is 5.91 Å². The molecule has 0 unspecified atom stereocenters. The minimum Gasteiger partial charge on any atom is -0.366 e. The Bertz CT molecular complexity index is 636. The summed E-state index contributed by atoms with van der Waals surface area (Å²) < 4.78 is 0. The van der Waals surface area contributed by atoms with Crippen LogP contribution in [0.1, 0.15) is 17.3 Å². The largest absolute Gasteiger partial charge is 0.366 e. The van der Waals surface area contributed by atoms with E-state index >= 15 is 0 Å². The van der Waals surface area contributed by atoms with Crippen molar-refractivity contribution in [2.45, 2.75) is 6.92 Å². The third-order valence-electron chi connectivity index (χ3n) is 2.62. The maximum Gasteiger partial charge on any atom is 0.249 e. The summed E-state index contributed by atoms with van der Waals surface area (Å²) in [6, 6.07) is 15.1. The van der Waals surface area contributed by atoms with E-state index in [9.17, 15) is 9.59 Å². The zero-order valence-electron chi connectivity index (χ0n) is 10.4. The van der Waals surface area contributed by atoms with Gasteiger partial charge in [0.2, 0.25) is 11.8 Å². The van der Waals surface area contributed by atoms with Gasteiger partial charge in [0.05, 0.1) is 0 Å². The fraction of sp³-hybridized carbons (Fsp3) is 0.0667. The minimum atomic E-state index is -0.503. The zero-order chi connectivity index (χ0) is 13.8. The Hall–Kier alpha value is -2.62. The van der Waals surface area contributed by atoms with Gasteiger partial charge in [0.1, 0.15) is 0 Å². The first-order chi connectivity index (χ1) is 9.08. The first kappa shape index (κ1) is 12.8. The van der Waals surface area contributed by atoms with E-state index in [2.05, 4.69) is 11.4 Å². The van der Waals surface area contributed by atoms with Crippen LogP contribution in [0.2, 0.25) is 0 Å². The molecule has 0 aromatic heterocycles. The van der Waals surface area contributed by atoms with Gasteiger partial charge in [-0.15, -0.1) is 0 Å². The first-order valence-corrected chi connectivity index (χ1v) is 5.76. The van der Waals surface area contributed by atoms with Crippen molar-refractivity contribution in [3.8, 4) is 11.1 Å². The number of hydrogen-bond donors (Lipinski definition) is 2. The molecular weight excluding hydrogens is 240 g/mol. The Morgan fingerprint density at radius 2 is 2.05 bits per heavy atom. The molecule has 4 nitrogen and oxygen atoms in total. The number of nitrogens with two attached hydrogens (primary N) is 1. The van der Waals surface area contributed by atoms with Crippen molar-refractivity contribution < 1.29 is 9.59 Å². The summed E-state index contributed by atoms with van der Waals surface area (Å²) in [5, 5.41) is 2.70. The van der Waals surface area contributed by atoms with E-state index in [4.69, 9.17) is 5.73 Å². The molecule has 4 heteroatoms. The number of amides is 2. The number of nitrogens with one attached hydrogen (secondary N) is 1. The van der Waals surface area contributed by atoms with Crippen LogP contribution >= 0.6 is 0 Å². The van der Waals surface area contributed by atoms with Gasteiger partial charge in [0.25, 0.3) is 0 Å². The first-order valence-electron chi connectivity index (χ1n) is 5.76. The van der Waals surface area contributed by atoms with E-state index in [1.165, 1.54) is 6.92 Å². The van der Waals surface area contributed by atoms with Gasteiger partial charge in [-0.05, 0) is 35.4 Å². The van der Waals surface area contributed by atoms with Crippen molar-refractivity contribution in [3.63, 3.8) is 0 Å². The second kappa shape index (κ2) is 5.35. The van der Waals surface area contributed by atoms with Crippen LogP contribution in [0, 0.1) is 6.07 Å². The topological polar surface area (TPSA) is 72.2 Å². The highest BCUT2D eigenvalue weighted by atomic mass is 16.1. The Balaban J connectivity index is 2.47. The number of carbonyl (C=O) groups is 2. The zero-order valence-corrected chi connectivity index (χ0v) is 10.4. The van der Waals surface area contributed by atoms with Crippen molar-refractivity contribution in [1.82, 2.24) is 0 Å². The average molecular weight is 253 g/mol. The van der Waals surface area contributed by atoms with Gasteiger partial charge in [-0.3, -0.25) is 9.59 Å². The second-order valence-corrected chi connectivity index (χ2v) is 4.10. The van der Waals surface area contributed by atoms with Crippen molar-refractivity contribution in [1.29, 1.82) is 0 Å². The van der Waals surface area contributed by atoms with Gasteiger partial charge in [0.15, 0.2) is 0 Å². The Kier molecular flexibility index (Phi) is 3.61. The quantitative estimate of drug-likeness (QED) is 0.880. The van der Waals surface area contributed by atoms with Crippen LogP contribution in [0.15, 0.2) is 42.5 Å². The highest BCUT2D eigenvalue weighted by Gasteiger charge is 2.09. The van der Waals surface area contributed by atoms with Crippen LogP contribution in [-0.4, -0.2) is 11.8 Å². The van der Waals surface area contributed by atoms with Crippen LogP contribution in [0.3, 0.4) is 0 Å². The van der Waals surface area contributed by atoms with E-state index in [0.717, 1.165) is 11.1 Å². The molecule has 2 amide bonds. The molecule has 2 aromatic rings. The van der Waals surface area contributed by atoms with Crippen LogP contribution < -0.4 is 11.1 Å². The molecule has 19 heavy (non-hydrogen) atoms. The molecular formula is C15H13N2O2. The van der Waals surface area contributed by atoms with Gasteiger partial charge < -0.3 is 11.1 Å². The van der Waals surface area contributed by atoms with E-state index in [1.807, 2.05) is 12.1 Å². The summed E-state index contributed by atoms with van der Waals surface area (Å²) in [6.45, 7) is 1.44. The molecule has 0 spiro atoms. The van der Waals surface area contributed by atoms with Gasteiger partial charge in [-0.2, -0.15) is 0 Å². The second-order valence-electron chi connectivity index (χ2n) is 4.10. The van der Waals surface area contributed by atoms with Crippen LogP contribution in [0.4, 0.5) is 5.69 Å². The van der Waals surface area contributed by atoms with Gasteiger partial charge in [-0.1, -0.05) is 24.3 Å². The monoisotopic (exact) mass is 253 g/mol. The Morgan fingerprint density at radius 3 is 2.74 bits per heavy atom. The van der Waals surface area contributed by atoms with E-state index in [0.29, 0.717) is 11.3 Å². The molecule has 3 N–H and O–H groups in total. The lowest BCUT2D eigenvalue weighted by atomic mass is 9.99. The summed E-state index contributed by atoms with van der Waals surface area (Å²) in [6.07, 6.45) is 0. The lowest BCUT2D eigenvalue weighted by Crippen LogP contribution is -2.12. The van der Waals surface area contributed by atoms with E-state index in [1.54, 1.807) is 30.3 Å². The number of hydrogen-bond acceptors (Lipinski definition) is 2. The molecule has 1 radical (unpaired) electrons. The fourth-order valence-corrected chi connectivity index (χ4v) is 1.85. The van der Waals surface area contributed by atoms with E-state index < -0.39 is 5.91 Å². The molecule has 0 aliphatic heterocycles. The van der Waals surface area contributed by atoms with Crippen LogP contribution in [0.25, 0.3) is 11.1 Å². The summed E-state index contributed by atoms with van der Waals surface area (Å²) >= 11 is 0. The molecule has 95 valence electrons. The SMILES string of the molecule is CC(=O)Nc1cccc(-c2cc[c]cc2C(N)=O)c1. The molecule has 0 bridgehead atoms. The highest BCUT2D eigenvalue weighted by molar-refractivity contribution is 6.00. The smallest absolute Gasteiger partial charge is 0.249 e. The molecule has 2 rings (SSSR count). The molecule has 0 aliphatic rings.